The first kappa shape index (κ1) is 13.3. The molecule has 2 fully saturated rings. The third-order valence-electron chi connectivity index (χ3n) is 3.57. The molecule has 0 aromatic rings. The van der Waals surface area contributed by atoms with Gasteiger partial charge in [0.1, 0.15) is 0 Å². The Kier molecular flexibility index (Phi) is 4.79. The fourth-order valence-corrected chi connectivity index (χ4v) is 2.59. The quantitative estimate of drug-likeness (QED) is 0.721. The predicted molar refractivity (Wildman–Crippen MR) is 68.3 cm³/mol. The van der Waals surface area contributed by atoms with E-state index in [1.165, 1.54) is 6.42 Å². The molecule has 4 heteroatoms. The second kappa shape index (κ2) is 6.14. The van der Waals surface area contributed by atoms with Crippen molar-refractivity contribution >= 4 is 0 Å². The Morgan fingerprint density at radius 1 is 1.35 bits per heavy atom. The lowest BCUT2D eigenvalue weighted by atomic mass is 10.1. The number of nitrogens with zero attached hydrogens (tertiary/aromatic N) is 1. The van der Waals surface area contributed by atoms with Gasteiger partial charge in [-0.25, -0.2) is 0 Å². The molecular formula is C13H26N2O2. The predicted octanol–water partition coefficient (Wildman–Crippen LogP) is 0.723. The van der Waals surface area contributed by atoms with Crippen molar-refractivity contribution in [3.8, 4) is 0 Å². The number of morpholine rings is 1. The van der Waals surface area contributed by atoms with Crippen LogP contribution in [0.2, 0.25) is 0 Å². The maximum atomic E-state index is 5.70. The highest BCUT2D eigenvalue weighted by atomic mass is 16.5. The Balaban J connectivity index is 1.55. The fourth-order valence-electron chi connectivity index (χ4n) is 2.59. The van der Waals surface area contributed by atoms with Crippen LogP contribution in [0.25, 0.3) is 0 Å². The van der Waals surface area contributed by atoms with E-state index >= 15 is 0 Å². The molecule has 1 N–H and O–H groups in total. The minimum absolute atomic E-state index is 0.0253. The SMILES string of the molecule is CC1(C)CN(CCNCC2CCOC2)CCO1. The van der Waals surface area contributed by atoms with Gasteiger partial charge < -0.3 is 14.8 Å². The summed E-state index contributed by atoms with van der Waals surface area (Å²) in [6.07, 6.45) is 1.22. The molecule has 4 nitrogen and oxygen atoms in total. The summed E-state index contributed by atoms with van der Waals surface area (Å²) >= 11 is 0. The van der Waals surface area contributed by atoms with Crippen LogP contribution < -0.4 is 5.32 Å². The van der Waals surface area contributed by atoms with Crippen molar-refractivity contribution in [3.05, 3.63) is 0 Å². The molecule has 17 heavy (non-hydrogen) atoms. The van der Waals surface area contributed by atoms with Crippen LogP contribution in [0.1, 0.15) is 20.3 Å². The summed E-state index contributed by atoms with van der Waals surface area (Å²) in [6.45, 7) is 12.5. The fraction of sp³-hybridized carbons (Fsp3) is 1.00. The highest BCUT2D eigenvalue weighted by Gasteiger charge is 2.26. The number of hydrogen-bond donors (Lipinski definition) is 1. The third kappa shape index (κ3) is 4.54. The minimum Gasteiger partial charge on any atom is -0.381 e. The van der Waals surface area contributed by atoms with Gasteiger partial charge in [-0.1, -0.05) is 0 Å². The molecular weight excluding hydrogens is 216 g/mol. The highest BCUT2D eigenvalue weighted by Crippen LogP contribution is 2.15. The molecule has 0 radical (unpaired) electrons. The minimum atomic E-state index is 0.0253. The smallest absolute Gasteiger partial charge is 0.0753 e. The first-order valence-electron chi connectivity index (χ1n) is 6.80. The molecule has 0 saturated carbocycles. The zero-order valence-corrected chi connectivity index (χ0v) is 11.2. The molecule has 0 aromatic heterocycles. The van der Waals surface area contributed by atoms with Crippen LogP contribution in [0, 0.1) is 5.92 Å². The Labute approximate surface area is 105 Å². The monoisotopic (exact) mass is 242 g/mol. The first-order chi connectivity index (χ1) is 8.16. The molecule has 0 aliphatic carbocycles. The molecule has 2 aliphatic heterocycles. The van der Waals surface area contributed by atoms with Gasteiger partial charge in [-0.05, 0) is 26.2 Å². The van der Waals surface area contributed by atoms with E-state index in [2.05, 4.69) is 24.1 Å². The topological polar surface area (TPSA) is 33.7 Å². The van der Waals surface area contributed by atoms with Crippen molar-refractivity contribution in [1.82, 2.24) is 10.2 Å². The molecule has 2 rings (SSSR count). The van der Waals surface area contributed by atoms with Crippen LogP contribution in [0.4, 0.5) is 0 Å². The van der Waals surface area contributed by atoms with Crippen molar-refractivity contribution in [2.24, 2.45) is 5.92 Å². The Morgan fingerprint density at radius 2 is 2.24 bits per heavy atom. The summed E-state index contributed by atoms with van der Waals surface area (Å²) < 4.78 is 11.1. The molecule has 1 atom stereocenters. The molecule has 100 valence electrons. The van der Waals surface area contributed by atoms with E-state index in [0.29, 0.717) is 0 Å². The third-order valence-corrected chi connectivity index (χ3v) is 3.57. The van der Waals surface area contributed by atoms with Crippen molar-refractivity contribution < 1.29 is 9.47 Å². The van der Waals surface area contributed by atoms with E-state index in [-0.39, 0.29) is 5.60 Å². The van der Waals surface area contributed by atoms with E-state index in [9.17, 15) is 0 Å². The number of nitrogens with one attached hydrogen (secondary N) is 1. The average molecular weight is 242 g/mol. The first-order valence-corrected chi connectivity index (χ1v) is 6.80. The normalized spacial score (nSPS) is 29.6. The second-order valence-electron chi connectivity index (χ2n) is 5.82. The molecule has 1 unspecified atom stereocenters. The largest absolute Gasteiger partial charge is 0.381 e. The van der Waals surface area contributed by atoms with Gasteiger partial charge in [0.25, 0.3) is 0 Å². The van der Waals surface area contributed by atoms with Gasteiger partial charge in [0.05, 0.1) is 18.8 Å². The van der Waals surface area contributed by atoms with Crippen LogP contribution in [-0.2, 0) is 9.47 Å². The van der Waals surface area contributed by atoms with Gasteiger partial charge in [0.15, 0.2) is 0 Å². The number of hydrogen-bond acceptors (Lipinski definition) is 4. The van der Waals surface area contributed by atoms with Gasteiger partial charge in [-0.15, -0.1) is 0 Å². The van der Waals surface area contributed by atoms with E-state index < -0.39 is 0 Å². The Morgan fingerprint density at radius 3 is 2.94 bits per heavy atom. The van der Waals surface area contributed by atoms with E-state index in [1.807, 2.05) is 0 Å². The lowest BCUT2D eigenvalue weighted by Gasteiger charge is -2.38. The van der Waals surface area contributed by atoms with Gasteiger partial charge in [0, 0.05) is 39.3 Å². The number of ether oxygens (including phenoxy) is 2. The van der Waals surface area contributed by atoms with Crippen molar-refractivity contribution in [2.45, 2.75) is 25.9 Å². The number of rotatable bonds is 5. The zero-order valence-electron chi connectivity index (χ0n) is 11.2. The highest BCUT2D eigenvalue weighted by molar-refractivity contribution is 4.79. The summed E-state index contributed by atoms with van der Waals surface area (Å²) in [5, 5.41) is 3.54. The zero-order chi connectivity index (χ0) is 12.1. The average Bonchev–Trinajstić information content (AvgIpc) is 2.76. The van der Waals surface area contributed by atoms with Crippen LogP contribution in [-0.4, -0.2) is 63.0 Å². The van der Waals surface area contributed by atoms with Crippen molar-refractivity contribution in [2.75, 3.05) is 52.5 Å². The van der Waals surface area contributed by atoms with Crippen molar-refractivity contribution in [3.63, 3.8) is 0 Å². The molecule has 0 spiro atoms. The molecule has 0 aromatic carbocycles. The van der Waals surface area contributed by atoms with E-state index in [1.54, 1.807) is 0 Å². The molecule has 2 saturated heterocycles. The molecule has 2 heterocycles. The maximum absolute atomic E-state index is 5.70. The lowest BCUT2D eigenvalue weighted by Crippen LogP contribution is -2.50. The van der Waals surface area contributed by atoms with Crippen LogP contribution >= 0.6 is 0 Å². The van der Waals surface area contributed by atoms with E-state index in [0.717, 1.165) is 58.5 Å². The van der Waals surface area contributed by atoms with E-state index in [4.69, 9.17) is 9.47 Å². The van der Waals surface area contributed by atoms with Crippen LogP contribution in [0.15, 0.2) is 0 Å². The maximum Gasteiger partial charge on any atom is 0.0753 e. The molecule has 2 aliphatic rings. The van der Waals surface area contributed by atoms with Crippen LogP contribution in [0.5, 0.6) is 0 Å². The van der Waals surface area contributed by atoms with Crippen molar-refractivity contribution in [1.29, 1.82) is 0 Å². The Hall–Kier alpha value is -0.160. The summed E-state index contributed by atoms with van der Waals surface area (Å²) in [5.74, 6) is 0.733. The summed E-state index contributed by atoms with van der Waals surface area (Å²) in [4.78, 5) is 2.49. The standard InChI is InChI=1S/C13H26N2O2/c1-13(2)11-15(6-8-17-13)5-4-14-9-12-3-7-16-10-12/h12,14H,3-11H2,1-2H3. The van der Waals surface area contributed by atoms with Gasteiger partial charge in [-0.3, -0.25) is 4.90 Å². The van der Waals surface area contributed by atoms with Crippen LogP contribution in [0.3, 0.4) is 0 Å². The van der Waals surface area contributed by atoms with Gasteiger partial charge in [0.2, 0.25) is 0 Å². The molecule has 0 amide bonds. The summed E-state index contributed by atoms with van der Waals surface area (Å²) in [7, 11) is 0. The second-order valence-corrected chi connectivity index (χ2v) is 5.82. The summed E-state index contributed by atoms with van der Waals surface area (Å²) in [5.41, 5.74) is 0.0253. The van der Waals surface area contributed by atoms with Gasteiger partial charge in [-0.2, -0.15) is 0 Å². The summed E-state index contributed by atoms with van der Waals surface area (Å²) in [6, 6.07) is 0. The van der Waals surface area contributed by atoms with Gasteiger partial charge >= 0.3 is 0 Å². The lowest BCUT2D eigenvalue weighted by molar-refractivity contribution is -0.0854. The molecule has 0 bridgehead atoms. The Bertz CT molecular complexity index is 227.